The Morgan fingerprint density at radius 3 is 2.55 bits per heavy atom. The summed E-state index contributed by atoms with van der Waals surface area (Å²) in [7, 11) is 1.78. The second kappa shape index (κ2) is 5.87. The third-order valence-electron chi connectivity index (χ3n) is 5.43. The van der Waals surface area contributed by atoms with E-state index in [1.807, 2.05) is 0 Å². The predicted octanol–water partition coefficient (Wildman–Crippen LogP) is 3.82. The van der Waals surface area contributed by atoms with Crippen LogP contribution in [0.3, 0.4) is 0 Å². The number of aliphatic hydroxyl groups is 1. The van der Waals surface area contributed by atoms with Gasteiger partial charge in [-0.3, -0.25) is 0 Å². The first-order valence-electron chi connectivity index (χ1n) is 8.06. The average Bonchev–Trinajstić information content (AvgIpc) is 2.71. The van der Waals surface area contributed by atoms with Crippen molar-refractivity contribution in [2.75, 3.05) is 7.11 Å². The first kappa shape index (κ1) is 14.1. The largest absolute Gasteiger partial charge is 0.390 e. The van der Waals surface area contributed by atoms with Crippen molar-refractivity contribution in [3.8, 4) is 0 Å². The number of aliphatic hydroxyl groups excluding tert-OH is 1. The highest BCUT2D eigenvalue weighted by Crippen LogP contribution is 2.42. The summed E-state index contributed by atoms with van der Waals surface area (Å²) in [5.74, 6) is 0.525. The van der Waals surface area contributed by atoms with E-state index in [0.29, 0.717) is 5.92 Å². The van der Waals surface area contributed by atoms with Gasteiger partial charge in [0.1, 0.15) is 0 Å². The molecule has 1 saturated carbocycles. The van der Waals surface area contributed by atoms with Crippen LogP contribution < -0.4 is 0 Å². The number of hydrogen-bond donors (Lipinski definition) is 1. The lowest BCUT2D eigenvalue weighted by molar-refractivity contribution is -0.116. The van der Waals surface area contributed by atoms with Gasteiger partial charge in [-0.05, 0) is 42.7 Å². The molecule has 1 N–H and O–H groups in total. The van der Waals surface area contributed by atoms with E-state index in [-0.39, 0.29) is 11.7 Å². The second-order valence-electron chi connectivity index (χ2n) is 6.53. The molecule has 1 aromatic rings. The zero-order chi connectivity index (χ0) is 14.0. The molecule has 110 valence electrons. The van der Waals surface area contributed by atoms with Crippen LogP contribution >= 0.6 is 0 Å². The quantitative estimate of drug-likeness (QED) is 0.846. The third kappa shape index (κ3) is 2.51. The molecule has 0 bridgehead atoms. The van der Waals surface area contributed by atoms with Crippen molar-refractivity contribution in [1.82, 2.24) is 0 Å². The number of methoxy groups -OCH3 is 1. The Morgan fingerprint density at radius 2 is 1.90 bits per heavy atom. The fourth-order valence-corrected chi connectivity index (χ4v) is 4.06. The van der Waals surface area contributed by atoms with Crippen LogP contribution in [0.4, 0.5) is 0 Å². The van der Waals surface area contributed by atoms with E-state index >= 15 is 0 Å². The van der Waals surface area contributed by atoms with Gasteiger partial charge in [0.15, 0.2) is 0 Å². The summed E-state index contributed by atoms with van der Waals surface area (Å²) in [5.41, 5.74) is 2.60. The van der Waals surface area contributed by atoms with Crippen molar-refractivity contribution in [3.05, 3.63) is 35.4 Å². The lowest BCUT2D eigenvalue weighted by Gasteiger charge is -2.40. The van der Waals surface area contributed by atoms with Crippen LogP contribution in [-0.4, -0.2) is 23.9 Å². The molecule has 0 aliphatic heterocycles. The van der Waals surface area contributed by atoms with E-state index in [9.17, 15) is 5.11 Å². The van der Waals surface area contributed by atoms with Crippen molar-refractivity contribution in [3.63, 3.8) is 0 Å². The lowest BCUT2D eigenvalue weighted by Crippen LogP contribution is -2.45. The minimum Gasteiger partial charge on any atom is -0.390 e. The third-order valence-corrected chi connectivity index (χ3v) is 5.43. The van der Waals surface area contributed by atoms with Gasteiger partial charge in [0.25, 0.3) is 0 Å². The smallest absolute Gasteiger partial charge is 0.0936 e. The minimum absolute atomic E-state index is 0.291. The Bertz CT molecular complexity index is 446. The number of rotatable bonds is 4. The average molecular weight is 274 g/mol. The molecule has 2 heteroatoms. The highest BCUT2D eigenvalue weighted by Gasteiger charge is 2.40. The fourth-order valence-electron chi connectivity index (χ4n) is 4.06. The molecule has 2 aliphatic carbocycles. The molecule has 0 heterocycles. The number of hydrogen-bond acceptors (Lipinski definition) is 2. The summed E-state index contributed by atoms with van der Waals surface area (Å²) in [6.07, 6.45) is 8.60. The second-order valence-corrected chi connectivity index (χ2v) is 6.53. The Kier molecular flexibility index (Phi) is 4.13. The normalized spacial score (nSPS) is 26.2. The Balaban J connectivity index is 1.68. The molecular formula is C18H26O2. The highest BCUT2D eigenvalue weighted by molar-refractivity contribution is 5.40. The van der Waals surface area contributed by atoms with E-state index in [2.05, 4.69) is 24.3 Å². The van der Waals surface area contributed by atoms with Crippen molar-refractivity contribution >= 4 is 0 Å². The summed E-state index contributed by atoms with van der Waals surface area (Å²) < 4.78 is 5.83. The summed E-state index contributed by atoms with van der Waals surface area (Å²) in [6.45, 7) is 0. The number of fused-ring (bicyclic) bond motifs is 1. The summed E-state index contributed by atoms with van der Waals surface area (Å²) in [4.78, 5) is 0. The number of ether oxygens (including phenoxy) is 1. The Morgan fingerprint density at radius 1 is 1.20 bits per heavy atom. The van der Waals surface area contributed by atoms with Gasteiger partial charge in [-0.15, -0.1) is 0 Å². The molecular weight excluding hydrogens is 248 g/mol. The van der Waals surface area contributed by atoms with Gasteiger partial charge >= 0.3 is 0 Å². The Hall–Kier alpha value is -0.860. The molecule has 2 unspecified atom stereocenters. The van der Waals surface area contributed by atoms with Crippen molar-refractivity contribution in [2.24, 2.45) is 0 Å². The molecule has 1 aromatic carbocycles. The maximum Gasteiger partial charge on any atom is 0.0936 e. The molecule has 2 nitrogen and oxygen atoms in total. The molecule has 20 heavy (non-hydrogen) atoms. The molecule has 0 radical (unpaired) electrons. The van der Waals surface area contributed by atoms with E-state index in [0.717, 1.165) is 25.7 Å². The van der Waals surface area contributed by atoms with Gasteiger partial charge in [-0.2, -0.15) is 0 Å². The van der Waals surface area contributed by atoms with Gasteiger partial charge < -0.3 is 9.84 Å². The van der Waals surface area contributed by atoms with E-state index in [1.165, 1.54) is 36.8 Å². The van der Waals surface area contributed by atoms with Gasteiger partial charge in [0.2, 0.25) is 0 Å². The lowest BCUT2D eigenvalue weighted by atomic mass is 9.72. The minimum atomic E-state index is -0.330. The Labute approximate surface area is 122 Å². The van der Waals surface area contributed by atoms with Crippen LogP contribution in [0.25, 0.3) is 0 Å². The monoisotopic (exact) mass is 274 g/mol. The summed E-state index contributed by atoms with van der Waals surface area (Å²) in [6, 6.07) is 8.63. The predicted molar refractivity (Wildman–Crippen MR) is 81.0 cm³/mol. The fraction of sp³-hybridized carbons (Fsp3) is 0.667. The van der Waals surface area contributed by atoms with Crippen LogP contribution in [-0.2, 0) is 11.2 Å². The van der Waals surface area contributed by atoms with Gasteiger partial charge in [0.05, 0.1) is 11.7 Å². The van der Waals surface area contributed by atoms with Crippen LogP contribution in [0.5, 0.6) is 0 Å². The molecule has 0 aromatic heterocycles. The topological polar surface area (TPSA) is 29.5 Å². The summed E-state index contributed by atoms with van der Waals surface area (Å²) in [5, 5.41) is 10.8. The maximum absolute atomic E-state index is 10.8. The first-order valence-corrected chi connectivity index (χ1v) is 8.06. The SMILES string of the molecule is COC1(C(O)CC2Cc3ccccc32)CCCCCC1. The van der Waals surface area contributed by atoms with Gasteiger partial charge in [-0.25, -0.2) is 0 Å². The van der Waals surface area contributed by atoms with Gasteiger partial charge in [0, 0.05) is 7.11 Å². The van der Waals surface area contributed by atoms with Crippen molar-refractivity contribution in [1.29, 1.82) is 0 Å². The first-order chi connectivity index (χ1) is 9.75. The molecule has 3 rings (SSSR count). The van der Waals surface area contributed by atoms with E-state index < -0.39 is 0 Å². The van der Waals surface area contributed by atoms with Crippen LogP contribution in [0, 0.1) is 0 Å². The molecule has 0 saturated heterocycles. The van der Waals surface area contributed by atoms with Gasteiger partial charge in [-0.1, -0.05) is 49.9 Å². The maximum atomic E-state index is 10.8. The zero-order valence-corrected chi connectivity index (χ0v) is 12.5. The summed E-state index contributed by atoms with van der Waals surface area (Å²) >= 11 is 0. The van der Waals surface area contributed by atoms with Crippen LogP contribution in [0.15, 0.2) is 24.3 Å². The number of benzene rings is 1. The van der Waals surface area contributed by atoms with E-state index in [1.54, 1.807) is 7.11 Å². The molecule has 0 amide bonds. The van der Waals surface area contributed by atoms with Crippen LogP contribution in [0.2, 0.25) is 0 Å². The highest BCUT2D eigenvalue weighted by atomic mass is 16.5. The molecule has 0 spiro atoms. The zero-order valence-electron chi connectivity index (χ0n) is 12.5. The molecule has 2 atom stereocenters. The molecule has 1 fully saturated rings. The standard InChI is InChI=1S/C18H26O2/c1-20-18(10-6-2-3-7-11-18)17(19)13-15-12-14-8-4-5-9-16(14)15/h4-5,8-9,15,17,19H,2-3,6-7,10-13H2,1H3. The van der Waals surface area contributed by atoms with Crippen LogP contribution in [0.1, 0.15) is 62.0 Å². The van der Waals surface area contributed by atoms with Crippen molar-refractivity contribution in [2.45, 2.75) is 69.0 Å². The van der Waals surface area contributed by atoms with Crippen molar-refractivity contribution < 1.29 is 9.84 Å². The van der Waals surface area contributed by atoms with E-state index in [4.69, 9.17) is 4.74 Å². The molecule has 2 aliphatic rings.